The van der Waals surface area contributed by atoms with Gasteiger partial charge in [0.15, 0.2) is 0 Å². The highest BCUT2D eigenvalue weighted by molar-refractivity contribution is 5.83. The molecule has 6 atom stereocenters. The second-order valence-corrected chi connectivity index (χ2v) is 13.3. The van der Waals surface area contributed by atoms with E-state index in [1.165, 1.54) is 48.8 Å². The molecule has 1 aromatic heterocycles. The predicted octanol–water partition coefficient (Wildman–Crippen LogP) is 5.60. The Bertz CT molecular complexity index is 1140. The highest BCUT2D eigenvalue weighted by Gasteiger charge is 2.57. The summed E-state index contributed by atoms with van der Waals surface area (Å²) in [6.07, 6.45) is 21.2. The van der Waals surface area contributed by atoms with E-state index in [0.29, 0.717) is 23.8 Å². The van der Waals surface area contributed by atoms with Crippen molar-refractivity contribution in [2.45, 2.75) is 96.6 Å². The predicted molar refractivity (Wildman–Crippen MR) is 152 cm³/mol. The molecule has 0 radical (unpaired) electrons. The highest BCUT2D eigenvalue weighted by atomic mass is 16.5. The Balaban J connectivity index is 1.04. The summed E-state index contributed by atoms with van der Waals surface area (Å²) >= 11 is 0. The highest BCUT2D eigenvalue weighted by Crippen LogP contribution is 2.66. The number of nitrogens with zero attached hydrogens (tertiary/aromatic N) is 1. The van der Waals surface area contributed by atoms with Gasteiger partial charge in [0.05, 0.1) is 6.54 Å². The lowest BCUT2D eigenvalue weighted by atomic mass is 9.47. The number of nitrogens with one attached hydrogen (secondary N) is 2. The average molecular weight is 532 g/mol. The first-order chi connectivity index (χ1) is 18.9. The maximum Gasteiger partial charge on any atom is 0.325 e. The minimum Gasteiger partial charge on any atom is -0.461 e. The zero-order chi connectivity index (χ0) is 27.0. The van der Waals surface area contributed by atoms with Crippen molar-refractivity contribution in [2.24, 2.45) is 28.6 Å². The van der Waals surface area contributed by atoms with Crippen molar-refractivity contribution >= 4 is 17.4 Å². The number of hydrogen-bond donors (Lipinski definition) is 2. The van der Waals surface area contributed by atoms with Gasteiger partial charge in [-0.1, -0.05) is 50.5 Å². The quantitative estimate of drug-likeness (QED) is 0.354. The Morgan fingerprint density at radius 1 is 1.00 bits per heavy atom. The van der Waals surface area contributed by atoms with Crippen LogP contribution in [0.3, 0.4) is 0 Å². The van der Waals surface area contributed by atoms with Crippen LogP contribution in [0.5, 0.6) is 0 Å². The van der Waals surface area contributed by atoms with Gasteiger partial charge in [-0.05, 0) is 97.2 Å². The molecule has 2 N–H and O–H groups in total. The topological polar surface area (TPSA) is 80.3 Å². The molecule has 0 unspecified atom stereocenters. The van der Waals surface area contributed by atoms with Crippen LogP contribution in [0.15, 0.2) is 42.3 Å². The number of fused-ring (bicyclic) bond motifs is 5. The van der Waals surface area contributed by atoms with Gasteiger partial charge in [-0.15, -0.1) is 0 Å². The zero-order valence-corrected chi connectivity index (χ0v) is 23.7. The summed E-state index contributed by atoms with van der Waals surface area (Å²) in [6.45, 7) is 5.21. The Morgan fingerprint density at radius 2 is 1.82 bits per heavy atom. The fourth-order valence-electron chi connectivity index (χ4n) is 9.09. The SMILES string of the molecule is C[C@]12CC[C@H](OC(=O)CNC(=O)CNC3CCCC3)CC1=CC[C@@H]1[C@@H]2CC[C@]2(C)C(c3cccnc3)=CC[C@@H]12. The molecular formula is C33H45N3O3. The van der Waals surface area contributed by atoms with Crippen molar-refractivity contribution in [3.05, 3.63) is 47.8 Å². The van der Waals surface area contributed by atoms with Gasteiger partial charge in [-0.2, -0.15) is 0 Å². The number of esters is 1. The van der Waals surface area contributed by atoms with E-state index in [9.17, 15) is 9.59 Å². The molecule has 0 saturated heterocycles. The number of allylic oxidation sites excluding steroid dienone is 3. The molecule has 1 heterocycles. The molecule has 1 amide bonds. The number of pyridine rings is 1. The van der Waals surface area contributed by atoms with Gasteiger partial charge in [0.2, 0.25) is 5.91 Å². The van der Waals surface area contributed by atoms with Gasteiger partial charge >= 0.3 is 5.97 Å². The number of rotatable bonds is 7. The number of aromatic nitrogens is 1. The Morgan fingerprint density at radius 3 is 2.62 bits per heavy atom. The van der Waals surface area contributed by atoms with E-state index >= 15 is 0 Å². The first kappa shape index (κ1) is 26.7. The third kappa shape index (κ3) is 5.10. The third-order valence-corrected chi connectivity index (χ3v) is 11.2. The van der Waals surface area contributed by atoms with Gasteiger partial charge < -0.3 is 15.4 Å². The van der Waals surface area contributed by atoms with Gasteiger partial charge in [0.25, 0.3) is 0 Å². The second kappa shape index (κ2) is 10.8. The molecule has 1 aromatic rings. The minimum absolute atomic E-state index is 0.0464. The van der Waals surface area contributed by atoms with Crippen LogP contribution in [0.25, 0.3) is 5.57 Å². The van der Waals surface area contributed by atoms with Crippen LogP contribution in [0.4, 0.5) is 0 Å². The van der Waals surface area contributed by atoms with Crippen LogP contribution in [0, 0.1) is 28.6 Å². The molecule has 3 saturated carbocycles. The van der Waals surface area contributed by atoms with Crippen molar-refractivity contribution in [3.63, 3.8) is 0 Å². The van der Waals surface area contributed by atoms with E-state index in [4.69, 9.17) is 4.74 Å². The fraction of sp³-hybridized carbons (Fsp3) is 0.667. The second-order valence-electron chi connectivity index (χ2n) is 13.3. The third-order valence-electron chi connectivity index (χ3n) is 11.2. The Labute approximate surface area is 233 Å². The van der Waals surface area contributed by atoms with Crippen molar-refractivity contribution in [1.82, 2.24) is 15.6 Å². The minimum atomic E-state index is -0.319. The standard InChI is InChI=1S/C33H45N3O3/c1-32-15-13-25(39-31(38)21-36-30(37)20-35-24-7-3-4-8-24)18-23(32)9-10-26-28-12-11-27(22-6-5-17-34-19-22)33(28,2)16-14-29(26)32/h5-6,9,11,17,19,24-26,28-29,35H,3-4,7-8,10,12-16,18,20-21H2,1-2H3,(H,36,37)/t25-,26-,28-,29-,32-,33+/m0/s1. The fourth-order valence-corrected chi connectivity index (χ4v) is 9.09. The number of ether oxygens (including phenoxy) is 1. The summed E-state index contributed by atoms with van der Waals surface area (Å²) in [5.74, 6) is 1.63. The summed E-state index contributed by atoms with van der Waals surface area (Å²) in [6, 6.07) is 4.72. The van der Waals surface area contributed by atoms with Crippen molar-refractivity contribution in [3.8, 4) is 0 Å². The van der Waals surface area contributed by atoms with Crippen LogP contribution >= 0.6 is 0 Å². The number of hydrogen-bond acceptors (Lipinski definition) is 5. The Hall–Kier alpha value is -2.47. The largest absolute Gasteiger partial charge is 0.461 e. The van der Waals surface area contributed by atoms with E-state index in [1.807, 2.05) is 12.4 Å². The molecular weight excluding hydrogens is 486 g/mol. The summed E-state index contributed by atoms with van der Waals surface area (Å²) in [4.78, 5) is 29.1. The molecule has 5 aliphatic carbocycles. The van der Waals surface area contributed by atoms with Crippen LogP contribution < -0.4 is 10.6 Å². The van der Waals surface area contributed by atoms with Gasteiger partial charge in [-0.25, -0.2) is 0 Å². The van der Waals surface area contributed by atoms with Crippen LogP contribution in [-0.2, 0) is 14.3 Å². The lowest BCUT2D eigenvalue weighted by molar-refractivity contribution is -0.151. The number of carbonyl (C=O) groups is 2. The van der Waals surface area contributed by atoms with Gasteiger partial charge in [0, 0.05) is 24.9 Å². The smallest absolute Gasteiger partial charge is 0.325 e. The average Bonchev–Trinajstić information content (AvgIpc) is 3.59. The van der Waals surface area contributed by atoms with E-state index in [0.717, 1.165) is 38.5 Å². The summed E-state index contributed by atoms with van der Waals surface area (Å²) in [5, 5.41) is 6.03. The van der Waals surface area contributed by atoms with Crippen molar-refractivity contribution < 1.29 is 14.3 Å². The molecule has 0 bridgehead atoms. The molecule has 6 rings (SSSR count). The lowest BCUT2D eigenvalue weighted by Crippen LogP contribution is -2.50. The van der Waals surface area contributed by atoms with Crippen LogP contribution in [0.1, 0.15) is 90.0 Å². The molecule has 6 heteroatoms. The summed E-state index contributed by atoms with van der Waals surface area (Å²) in [5.41, 5.74) is 4.73. The van der Waals surface area contributed by atoms with E-state index in [2.05, 4.69) is 53.7 Å². The molecule has 0 aliphatic heterocycles. The molecule has 0 aromatic carbocycles. The number of amides is 1. The van der Waals surface area contributed by atoms with Crippen molar-refractivity contribution in [2.75, 3.05) is 13.1 Å². The van der Waals surface area contributed by atoms with Crippen LogP contribution in [-0.4, -0.2) is 42.1 Å². The lowest BCUT2D eigenvalue weighted by Gasteiger charge is -2.57. The normalized spacial score (nSPS) is 35.7. The zero-order valence-electron chi connectivity index (χ0n) is 23.7. The van der Waals surface area contributed by atoms with E-state index in [-0.39, 0.29) is 41.9 Å². The molecule has 5 aliphatic rings. The first-order valence-corrected chi connectivity index (χ1v) is 15.4. The molecule has 210 valence electrons. The number of carbonyl (C=O) groups excluding carboxylic acids is 2. The van der Waals surface area contributed by atoms with E-state index in [1.54, 1.807) is 0 Å². The Kier molecular flexibility index (Phi) is 7.43. The molecule has 6 nitrogen and oxygen atoms in total. The first-order valence-electron chi connectivity index (χ1n) is 15.4. The molecule has 39 heavy (non-hydrogen) atoms. The van der Waals surface area contributed by atoms with Crippen molar-refractivity contribution in [1.29, 1.82) is 0 Å². The molecule has 3 fully saturated rings. The molecule has 0 spiro atoms. The van der Waals surface area contributed by atoms with E-state index < -0.39 is 0 Å². The summed E-state index contributed by atoms with van der Waals surface area (Å²) in [7, 11) is 0. The monoisotopic (exact) mass is 531 g/mol. The summed E-state index contributed by atoms with van der Waals surface area (Å²) < 4.78 is 5.87. The van der Waals surface area contributed by atoms with Crippen LogP contribution in [0.2, 0.25) is 0 Å². The van der Waals surface area contributed by atoms with Gasteiger partial charge in [0.1, 0.15) is 12.6 Å². The van der Waals surface area contributed by atoms with Gasteiger partial charge in [-0.3, -0.25) is 14.6 Å². The maximum atomic E-state index is 12.6. The maximum absolute atomic E-state index is 12.6.